The van der Waals surface area contributed by atoms with Crippen molar-refractivity contribution < 1.29 is 5.11 Å². The Morgan fingerprint density at radius 3 is 2.80 bits per heavy atom. The van der Waals surface area contributed by atoms with E-state index in [1.165, 1.54) is 25.7 Å². The zero-order valence-electron chi connectivity index (χ0n) is 9.11. The van der Waals surface area contributed by atoms with Gasteiger partial charge in [-0.15, -0.1) is 0 Å². The molecule has 0 amide bonds. The van der Waals surface area contributed by atoms with Crippen molar-refractivity contribution in [2.75, 3.05) is 13.1 Å². The highest BCUT2D eigenvalue weighted by Gasteiger charge is 2.37. The molecule has 0 aromatic rings. The summed E-state index contributed by atoms with van der Waals surface area (Å²) in [6, 6.07) is 0.593. The summed E-state index contributed by atoms with van der Waals surface area (Å²) in [5.41, 5.74) is 1.60. The van der Waals surface area contributed by atoms with Crippen molar-refractivity contribution in [3.8, 4) is 0 Å². The Labute approximate surface area is 96.9 Å². The van der Waals surface area contributed by atoms with Gasteiger partial charge in [-0.1, -0.05) is 24.1 Å². The quantitative estimate of drug-likeness (QED) is 0.803. The third kappa shape index (κ3) is 2.55. The van der Waals surface area contributed by atoms with Crippen LogP contribution in [0.1, 0.15) is 32.1 Å². The average molecular weight is 230 g/mol. The third-order valence-electron chi connectivity index (χ3n) is 3.87. The summed E-state index contributed by atoms with van der Waals surface area (Å²) >= 11 is 5.56. The first-order valence-electron chi connectivity index (χ1n) is 6.00. The van der Waals surface area contributed by atoms with Gasteiger partial charge in [0.05, 0.1) is 6.10 Å². The maximum Gasteiger partial charge on any atom is 0.0583 e. The molecule has 0 spiro atoms. The van der Waals surface area contributed by atoms with Crippen molar-refractivity contribution in [2.24, 2.45) is 5.92 Å². The monoisotopic (exact) mass is 229 g/mol. The van der Waals surface area contributed by atoms with Crippen molar-refractivity contribution in [1.82, 2.24) is 4.90 Å². The maximum absolute atomic E-state index is 9.92. The van der Waals surface area contributed by atoms with E-state index in [1.807, 2.05) is 6.08 Å². The smallest absolute Gasteiger partial charge is 0.0583 e. The summed E-state index contributed by atoms with van der Waals surface area (Å²) in [6.45, 7) is 2.10. The van der Waals surface area contributed by atoms with Gasteiger partial charge < -0.3 is 5.11 Å². The van der Waals surface area contributed by atoms with Crippen molar-refractivity contribution in [2.45, 2.75) is 44.2 Å². The van der Waals surface area contributed by atoms with Gasteiger partial charge in [-0.3, -0.25) is 4.90 Å². The van der Waals surface area contributed by atoms with Gasteiger partial charge in [0.25, 0.3) is 0 Å². The molecule has 2 fully saturated rings. The molecule has 1 heterocycles. The second-order valence-electron chi connectivity index (χ2n) is 4.73. The Kier molecular flexibility index (Phi) is 4.06. The fourth-order valence-corrected chi connectivity index (χ4v) is 3.24. The van der Waals surface area contributed by atoms with Crippen molar-refractivity contribution in [3.63, 3.8) is 0 Å². The highest BCUT2D eigenvalue weighted by molar-refractivity contribution is 6.25. The molecule has 0 aromatic carbocycles. The minimum atomic E-state index is -0.0596. The molecule has 1 saturated heterocycles. The summed E-state index contributed by atoms with van der Waals surface area (Å²) in [5, 5.41) is 9.92. The normalized spacial score (nSPS) is 38.1. The molecular weight excluding hydrogens is 210 g/mol. The van der Waals surface area contributed by atoms with Crippen LogP contribution in [0, 0.1) is 5.92 Å². The van der Waals surface area contributed by atoms with E-state index in [-0.39, 0.29) is 6.10 Å². The number of aliphatic hydroxyl groups excluding tert-OH is 1. The first kappa shape index (κ1) is 11.4. The first-order valence-corrected chi connectivity index (χ1v) is 6.44. The standard InChI is InChI=1S/C12H20ClNO/c13-7-3-9-14-8-2-5-11(14)10-4-1-6-12(10)15/h3,7,10-12,15H,1-2,4-6,8-9H2/b7-3+. The van der Waals surface area contributed by atoms with Crippen LogP contribution in [-0.4, -0.2) is 35.2 Å². The number of nitrogens with zero attached hydrogens (tertiary/aromatic N) is 1. The summed E-state index contributed by atoms with van der Waals surface area (Å²) < 4.78 is 0. The Balaban J connectivity index is 1.94. The summed E-state index contributed by atoms with van der Waals surface area (Å²) in [5.74, 6) is 0.510. The molecule has 3 heteroatoms. The van der Waals surface area contributed by atoms with E-state index < -0.39 is 0 Å². The predicted molar refractivity (Wildman–Crippen MR) is 62.9 cm³/mol. The molecule has 1 aliphatic heterocycles. The van der Waals surface area contributed by atoms with E-state index in [4.69, 9.17) is 11.6 Å². The van der Waals surface area contributed by atoms with Crippen LogP contribution in [0.25, 0.3) is 0 Å². The van der Waals surface area contributed by atoms with E-state index in [0.29, 0.717) is 12.0 Å². The molecule has 2 rings (SSSR count). The van der Waals surface area contributed by atoms with E-state index >= 15 is 0 Å². The second-order valence-corrected chi connectivity index (χ2v) is 4.98. The van der Waals surface area contributed by atoms with Gasteiger partial charge in [-0.05, 0) is 32.2 Å². The lowest BCUT2D eigenvalue weighted by molar-refractivity contribution is 0.0790. The molecule has 2 aliphatic rings. The van der Waals surface area contributed by atoms with Crippen LogP contribution >= 0.6 is 11.6 Å². The topological polar surface area (TPSA) is 23.5 Å². The van der Waals surface area contributed by atoms with Gasteiger partial charge in [0.2, 0.25) is 0 Å². The van der Waals surface area contributed by atoms with Crippen molar-refractivity contribution >= 4 is 11.6 Å². The zero-order valence-corrected chi connectivity index (χ0v) is 9.86. The number of hydrogen-bond donors (Lipinski definition) is 1. The van der Waals surface area contributed by atoms with Crippen molar-refractivity contribution in [3.05, 3.63) is 11.6 Å². The average Bonchev–Trinajstić information content (AvgIpc) is 2.82. The Bertz CT molecular complexity index is 232. The second kappa shape index (κ2) is 5.33. The van der Waals surface area contributed by atoms with Gasteiger partial charge in [0, 0.05) is 24.0 Å². The molecular formula is C12H20ClNO. The van der Waals surface area contributed by atoms with Crippen LogP contribution < -0.4 is 0 Å². The molecule has 1 aliphatic carbocycles. The molecule has 15 heavy (non-hydrogen) atoms. The third-order valence-corrected chi connectivity index (χ3v) is 4.05. The molecule has 3 atom stereocenters. The lowest BCUT2D eigenvalue weighted by Gasteiger charge is -2.30. The number of hydrogen-bond acceptors (Lipinski definition) is 2. The number of aliphatic hydroxyl groups is 1. The number of halogens is 1. The summed E-state index contributed by atoms with van der Waals surface area (Å²) in [6.07, 6.45) is 7.85. The minimum absolute atomic E-state index is 0.0596. The van der Waals surface area contributed by atoms with Crippen LogP contribution in [0.3, 0.4) is 0 Å². The highest BCUT2D eigenvalue weighted by atomic mass is 35.5. The van der Waals surface area contributed by atoms with Crippen LogP contribution in [0.5, 0.6) is 0 Å². The van der Waals surface area contributed by atoms with E-state index in [0.717, 1.165) is 19.5 Å². The van der Waals surface area contributed by atoms with Crippen molar-refractivity contribution in [1.29, 1.82) is 0 Å². The Morgan fingerprint density at radius 1 is 1.27 bits per heavy atom. The largest absolute Gasteiger partial charge is 0.393 e. The molecule has 1 saturated carbocycles. The molecule has 1 N–H and O–H groups in total. The molecule has 0 aromatic heterocycles. The number of likely N-dealkylation sites (tertiary alicyclic amines) is 1. The fourth-order valence-electron chi connectivity index (χ4n) is 3.16. The van der Waals surface area contributed by atoms with Crippen LogP contribution in [-0.2, 0) is 0 Å². The number of rotatable bonds is 3. The highest BCUT2D eigenvalue weighted by Crippen LogP contribution is 2.35. The fraction of sp³-hybridized carbons (Fsp3) is 0.833. The maximum atomic E-state index is 9.92. The summed E-state index contributed by atoms with van der Waals surface area (Å²) in [7, 11) is 0. The van der Waals surface area contributed by atoms with Gasteiger partial charge in [-0.25, -0.2) is 0 Å². The molecule has 86 valence electrons. The first-order chi connectivity index (χ1) is 7.33. The lowest BCUT2D eigenvalue weighted by Crippen LogP contribution is -2.38. The lowest BCUT2D eigenvalue weighted by atomic mass is 9.94. The van der Waals surface area contributed by atoms with E-state index in [2.05, 4.69) is 4.90 Å². The SMILES string of the molecule is OC1CCCC1C1CCCN1C/C=C/Cl. The van der Waals surface area contributed by atoms with Crippen LogP contribution in [0.2, 0.25) is 0 Å². The zero-order chi connectivity index (χ0) is 10.7. The summed E-state index contributed by atoms with van der Waals surface area (Å²) in [4.78, 5) is 2.47. The van der Waals surface area contributed by atoms with Crippen LogP contribution in [0.4, 0.5) is 0 Å². The van der Waals surface area contributed by atoms with Gasteiger partial charge >= 0.3 is 0 Å². The Morgan fingerprint density at radius 2 is 2.13 bits per heavy atom. The van der Waals surface area contributed by atoms with E-state index in [1.54, 1.807) is 5.54 Å². The molecule has 0 radical (unpaired) electrons. The van der Waals surface area contributed by atoms with Gasteiger partial charge in [-0.2, -0.15) is 0 Å². The predicted octanol–water partition coefficient (Wildman–Crippen LogP) is 2.36. The van der Waals surface area contributed by atoms with Gasteiger partial charge in [0.1, 0.15) is 0 Å². The van der Waals surface area contributed by atoms with E-state index in [9.17, 15) is 5.11 Å². The molecule has 0 bridgehead atoms. The minimum Gasteiger partial charge on any atom is -0.393 e. The van der Waals surface area contributed by atoms with Crippen LogP contribution in [0.15, 0.2) is 11.6 Å². The molecule has 2 nitrogen and oxygen atoms in total. The Hall–Kier alpha value is -0.0500. The molecule has 3 unspecified atom stereocenters. The van der Waals surface area contributed by atoms with Gasteiger partial charge in [0.15, 0.2) is 0 Å².